The normalized spacial score (nSPS) is 11.1. The Labute approximate surface area is 163 Å². The summed E-state index contributed by atoms with van der Waals surface area (Å²) in [5, 5.41) is 5.41. The molecule has 0 atom stereocenters. The number of anilines is 1. The molecule has 0 aliphatic heterocycles. The minimum absolute atomic E-state index is 0.0171. The minimum Gasteiger partial charge on any atom is -0.352 e. The maximum atomic E-state index is 12.4. The summed E-state index contributed by atoms with van der Waals surface area (Å²) in [6.45, 7) is 3.47. The zero-order valence-electron chi connectivity index (χ0n) is 14.8. The van der Waals surface area contributed by atoms with Crippen molar-refractivity contribution in [2.75, 3.05) is 11.3 Å². The lowest BCUT2D eigenvalue weighted by Gasteiger charge is -2.11. The minimum atomic E-state index is -3.85. The van der Waals surface area contributed by atoms with Crippen LogP contribution in [0.5, 0.6) is 0 Å². The quantitative estimate of drug-likeness (QED) is 0.653. The van der Waals surface area contributed by atoms with Crippen LogP contribution in [0, 0.1) is 0 Å². The SMILES string of the molecule is CC(C)NC(=O)CNC(=O)c1ccc(S(=O)(=O)Nc2ccccc2Cl)cc1. The molecule has 0 radical (unpaired) electrons. The third-order valence-electron chi connectivity index (χ3n) is 3.40. The second-order valence-corrected chi connectivity index (χ2v) is 8.10. The Bertz CT molecular complexity index is 928. The van der Waals surface area contributed by atoms with Crippen LogP contribution in [0.15, 0.2) is 53.4 Å². The monoisotopic (exact) mass is 409 g/mol. The molecule has 0 aromatic heterocycles. The molecule has 2 aromatic rings. The molecule has 0 spiro atoms. The van der Waals surface area contributed by atoms with Crippen LogP contribution in [0.25, 0.3) is 0 Å². The largest absolute Gasteiger partial charge is 0.352 e. The second kappa shape index (κ2) is 8.88. The van der Waals surface area contributed by atoms with Gasteiger partial charge in [0, 0.05) is 11.6 Å². The molecule has 144 valence electrons. The van der Waals surface area contributed by atoms with Gasteiger partial charge in [-0.1, -0.05) is 23.7 Å². The topological polar surface area (TPSA) is 104 Å². The summed E-state index contributed by atoms with van der Waals surface area (Å²) in [5.74, 6) is -0.779. The number of carbonyl (C=O) groups excluding carboxylic acids is 2. The Hall–Kier alpha value is -2.58. The Kier molecular flexibility index (Phi) is 6.81. The van der Waals surface area contributed by atoms with E-state index in [0.29, 0.717) is 0 Å². The van der Waals surface area contributed by atoms with E-state index >= 15 is 0 Å². The third-order valence-corrected chi connectivity index (χ3v) is 5.12. The summed E-state index contributed by atoms with van der Waals surface area (Å²) in [7, 11) is -3.85. The Morgan fingerprint density at radius 1 is 1.04 bits per heavy atom. The van der Waals surface area contributed by atoms with E-state index in [1.54, 1.807) is 24.3 Å². The van der Waals surface area contributed by atoms with Crippen LogP contribution in [0.3, 0.4) is 0 Å². The molecule has 0 heterocycles. The molecule has 2 amide bonds. The number of hydrogen-bond acceptors (Lipinski definition) is 4. The Morgan fingerprint density at radius 3 is 2.26 bits per heavy atom. The van der Waals surface area contributed by atoms with Gasteiger partial charge in [-0.3, -0.25) is 14.3 Å². The van der Waals surface area contributed by atoms with Gasteiger partial charge in [0.1, 0.15) is 0 Å². The number of benzene rings is 2. The van der Waals surface area contributed by atoms with Crippen molar-refractivity contribution in [3.05, 3.63) is 59.1 Å². The lowest BCUT2D eigenvalue weighted by atomic mass is 10.2. The number of rotatable bonds is 7. The molecule has 0 saturated carbocycles. The zero-order chi connectivity index (χ0) is 20.0. The van der Waals surface area contributed by atoms with Crippen molar-refractivity contribution in [2.45, 2.75) is 24.8 Å². The van der Waals surface area contributed by atoms with E-state index in [0.717, 1.165) is 0 Å². The molecule has 0 unspecified atom stereocenters. The Morgan fingerprint density at radius 2 is 1.67 bits per heavy atom. The van der Waals surface area contributed by atoms with Crippen molar-refractivity contribution >= 4 is 39.1 Å². The van der Waals surface area contributed by atoms with Gasteiger partial charge in [0.05, 0.1) is 22.2 Å². The molecule has 9 heteroatoms. The van der Waals surface area contributed by atoms with Crippen molar-refractivity contribution < 1.29 is 18.0 Å². The molecule has 2 aromatic carbocycles. The van der Waals surface area contributed by atoms with Gasteiger partial charge in [0.25, 0.3) is 15.9 Å². The number of para-hydroxylation sites is 1. The lowest BCUT2D eigenvalue weighted by Crippen LogP contribution is -2.39. The fourth-order valence-corrected chi connectivity index (χ4v) is 3.49. The summed E-state index contributed by atoms with van der Waals surface area (Å²) >= 11 is 5.96. The van der Waals surface area contributed by atoms with Crippen molar-refractivity contribution in [3.8, 4) is 0 Å². The fourth-order valence-electron chi connectivity index (χ4n) is 2.17. The molecule has 0 bridgehead atoms. The molecule has 3 N–H and O–H groups in total. The van der Waals surface area contributed by atoms with E-state index in [2.05, 4.69) is 15.4 Å². The number of hydrogen-bond donors (Lipinski definition) is 3. The molecule has 2 rings (SSSR count). The lowest BCUT2D eigenvalue weighted by molar-refractivity contribution is -0.120. The first-order valence-electron chi connectivity index (χ1n) is 8.14. The number of carbonyl (C=O) groups is 2. The van der Waals surface area contributed by atoms with Gasteiger partial charge in [-0.15, -0.1) is 0 Å². The van der Waals surface area contributed by atoms with Gasteiger partial charge in [-0.05, 0) is 50.2 Å². The summed E-state index contributed by atoms with van der Waals surface area (Å²) in [4.78, 5) is 23.6. The maximum Gasteiger partial charge on any atom is 0.261 e. The van der Waals surface area contributed by atoms with E-state index in [4.69, 9.17) is 11.6 Å². The highest BCUT2D eigenvalue weighted by Gasteiger charge is 2.16. The first-order chi connectivity index (χ1) is 12.7. The first-order valence-corrected chi connectivity index (χ1v) is 10.00. The van der Waals surface area contributed by atoms with Crippen molar-refractivity contribution in [1.82, 2.24) is 10.6 Å². The second-order valence-electron chi connectivity index (χ2n) is 6.01. The van der Waals surface area contributed by atoms with Gasteiger partial charge >= 0.3 is 0 Å². The predicted octanol–water partition coefficient (Wildman–Crippen LogP) is 2.40. The zero-order valence-corrected chi connectivity index (χ0v) is 16.4. The maximum absolute atomic E-state index is 12.4. The van der Waals surface area contributed by atoms with Crippen molar-refractivity contribution in [3.63, 3.8) is 0 Å². The van der Waals surface area contributed by atoms with E-state index < -0.39 is 15.9 Å². The summed E-state index contributed by atoms with van der Waals surface area (Å²) in [6.07, 6.45) is 0. The molecule has 7 nitrogen and oxygen atoms in total. The van der Waals surface area contributed by atoms with Crippen LogP contribution in [0.1, 0.15) is 24.2 Å². The number of sulfonamides is 1. The van der Waals surface area contributed by atoms with Crippen LogP contribution in [-0.4, -0.2) is 32.8 Å². The average molecular weight is 410 g/mol. The first kappa shape index (κ1) is 20.7. The molecular formula is C18H20ClN3O4S. The summed E-state index contributed by atoms with van der Waals surface area (Å²) in [5.41, 5.74) is 0.501. The smallest absolute Gasteiger partial charge is 0.261 e. The predicted molar refractivity (Wildman–Crippen MR) is 104 cm³/mol. The molecule has 27 heavy (non-hydrogen) atoms. The highest BCUT2D eigenvalue weighted by Crippen LogP contribution is 2.24. The van der Waals surface area contributed by atoms with E-state index in [1.165, 1.54) is 24.3 Å². The van der Waals surface area contributed by atoms with Crippen LogP contribution < -0.4 is 15.4 Å². The highest BCUT2D eigenvalue weighted by molar-refractivity contribution is 7.92. The van der Waals surface area contributed by atoms with Gasteiger partial charge in [-0.25, -0.2) is 8.42 Å². The van der Waals surface area contributed by atoms with Gasteiger partial charge < -0.3 is 10.6 Å². The molecule has 0 aliphatic carbocycles. The summed E-state index contributed by atoms with van der Waals surface area (Å²) < 4.78 is 27.3. The Balaban J connectivity index is 2.04. The van der Waals surface area contributed by atoms with Crippen LogP contribution >= 0.6 is 11.6 Å². The molecule has 0 aliphatic rings. The highest BCUT2D eigenvalue weighted by atomic mass is 35.5. The van der Waals surface area contributed by atoms with Crippen molar-refractivity contribution in [1.29, 1.82) is 0 Å². The van der Waals surface area contributed by atoms with Gasteiger partial charge in [0.15, 0.2) is 0 Å². The number of halogens is 1. The van der Waals surface area contributed by atoms with Crippen molar-refractivity contribution in [2.24, 2.45) is 0 Å². The number of nitrogens with one attached hydrogen (secondary N) is 3. The summed E-state index contributed by atoms with van der Waals surface area (Å²) in [6, 6.07) is 11.8. The molecule has 0 fully saturated rings. The van der Waals surface area contributed by atoms with E-state index in [-0.39, 0.29) is 39.7 Å². The molecular weight excluding hydrogens is 390 g/mol. The van der Waals surface area contributed by atoms with Crippen LogP contribution in [-0.2, 0) is 14.8 Å². The molecule has 0 saturated heterocycles. The number of amides is 2. The standard InChI is InChI=1S/C18H20ClN3O4S/c1-12(2)21-17(23)11-20-18(24)13-7-9-14(10-8-13)27(25,26)22-16-6-4-3-5-15(16)19/h3-10,12,22H,11H2,1-2H3,(H,20,24)(H,21,23). The van der Waals surface area contributed by atoms with E-state index in [9.17, 15) is 18.0 Å². The van der Waals surface area contributed by atoms with E-state index in [1.807, 2.05) is 13.8 Å². The average Bonchev–Trinajstić information content (AvgIpc) is 2.61. The van der Waals surface area contributed by atoms with Crippen LogP contribution in [0.4, 0.5) is 5.69 Å². The van der Waals surface area contributed by atoms with Gasteiger partial charge in [-0.2, -0.15) is 0 Å². The van der Waals surface area contributed by atoms with Gasteiger partial charge in [0.2, 0.25) is 5.91 Å². The third kappa shape index (κ3) is 5.97. The van der Waals surface area contributed by atoms with Crippen LogP contribution in [0.2, 0.25) is 5.02 Å². The fraction of sp³-hybridized carbons (Fsp3) is 0.222.